The van der Waals surface area contributed by atoms with E-state index in [1.807, 2.05) is 6.92 Å². The van der Waals surface area contributed by atoms with Gasteiger partial charge in [0.15, 0.2) is 0 Å². The van der Waals surface area contributed by atoms with Crippen molar-refractivity contribution in [1.29, 1.82) is 0 Å². The molecule has 3 N–H and O–H groups in total. The molecule has 1 unspecified atom stereocenters. The number of nitrogens with zero attached hydrogens (tertiary/aromatic N) is 1. The number of benzene rings is 1. The van der Waals surface area contributed by atoms with Crippen LogP contribution in [0, 0.1) is 0 Å². The summed E-state index contributed by atoms with van der Waals surface area (Å²) in [6.07, 6.45) is 0.463. The minimum atomic E-state index is -0.0122. The molecule has 4 nitrogen and oxygen atoms in total. The quantitative estimate of drug-likeness (QED) is 0.713. The molecule has 0 spiro atoms. The van der Waals surface area contributed by atoms with Crippen LogP contribution in [0.5, 0.6) is 0 Å². The number of hydrazine groups is 1. The van der Waals surface area contributed by atoms with Crippen molar-refractivity contribution in [2.75, 3.05) is 10.7 Å². The number of hydrogen-bond donors (Lipinski definition) is 2. The Labute approximate surface area is 93.0 Å². The highest BCUT2D eigenvalue weighted by Crippen LogP contribution is 2.33. The maximum atomic E-state index is 11.2. The Morgan fingerprint density at radius 2 is 2.33 bits per heavy atom. The van der Waals surface area contributed by atoms with E-state index < -0.39 is 0 Å². The number of rotatable bonds is 1. The van der Waals surface area contributed by atoms with Crippen molar-refractivity contribution in [2.45, 2.75) is 19.4 Å². The third kappa shape index (κ3) is 1.72. The maximum absolute atomic E-state index is 11.2. The second-order valence-electron chi connectivity index (χ2n) is 3.64. The topological polar surface area (TPSA) is 58.4 Å². The van der Waals surface area contributed by atoms with Crippen LogP contribution >= 0.6 is 11.6 Å². The first-order valence-corrected chi connectivity index (χ1v) is 5.10. The number of carbonyl (C=O) groups is 1. The van der Waals surface area contributed by atoms with Crippen LogP contribution in [0.3, 0.4) is 0 Å². The molecular formula is C10H12ClN3O. The Bertz CT molecular complexity index is 387. The molecule has 0 bridgehead atoms. The number of nitrogen functional groups attached to an aromatic ring is 1. The molecule has 0 saturated carbocycles. The summed E-state index contributed by atoms with van der Waals surface area (Å²) >= 11 is 6.05. The molecule has 80 valence electrons. The van der Waals surface area contributed by atoms with Gasteiger partial charge >= 0.3 is 0 Å². The number of carbonyl (C=O) groups excluding carboxylic acids is 1. The Hall–Kier alpha value is -1.42. The smallest absolute Gasteiger partial charge is 0.240 e. The van der Waals surface area contributed by atoms with Crippen LogP contribution in [-0.2, 0) is 4.79 Å². The minimum Gasteiger partial charge on any atom is -0.397 e. The first-order valence-electron chi connectivity index (χ1n) is 4.72. The average molecular weight is 226 g/mol. The average Bonchev–Trinajstić information content (AvgIpc) is 2.45. The van der Waals surface area contributed by atoms with Gasteiger partial charge in [0.05, 0.1) is 28.9 Å². The summed E-state index contributed by atoms with van der Waals surface area (Å²) in [5.41, 5.74) is 9.81. The van der Waals surface area contributed by atoms with Gasteiger partial charge in [-0.1, -0.05) is 17.7 Å². The van der Waals surface area contributed by atoms with Gasteiger partial charge in [0.2, 0.25) is 5.91 Å². The fourth-order valence-electron chi connectivity index (χ4n) is 1.71. The van der Waals surface area contributed by atoms with Crippen LogP contribution in [0.15, 0.2) is 18.2 Å². The van der Waals surface area contributed by atoms with E-state index in [1.165, 1.54) is 0 Å². The monoisotopic (exact) mass is 225 g/mol. The Morgan fingerprint density at radius 1 is 1.60 bits per heavy atom. The molecule has 0 aliphatic carbocycles. The largest absolute Gasteiger partial charge is 0.397 e. The Balaban J connectivity index is 2.41. The molecule has 1 aliphatic heterocycles. The van der Waals surface area contributed by atoms with E-state index in [0.717, 1.165) is 0 Å². The molecule has 0 aromatic heterocycles. The van der Waals surface area contributed by atoms with Gasteiger partial charge in [-0.2, -0.15) is 0 Å². The van der Waals surface area contributed by atoms with Gasteiger partial charge in [0.25, 0.3) is 0 Å². The first-order chi connectivity index (χ1) is 7.09. The molecule has 1 fully saturated rings. The van der Waals surface area contributed by atoms with Crippen molar-refractivity contribution in [1.82, 2.24) is 5.43 Å². The Kier molecular flexibility index (Phi) is 2.44. The normalized spacial score (nSPS) is 20.5. The molecular weight excluding hydrogens is 214 g/mol. The van der Waals surface area contributed by atoms with Crippen molar-refractivity contribution in [3.05, 3.63) is 23.2 Å². The van der Waals surface area contributed by atoms with Gasteiger partial charge in [-0.25, -0.2) is 0 Å². The van der Waals surface area contributed by atoms with Crippen LogP contribution in [0.25, 0.3) is 0 Å². The minimum absolute atomic E-state index is 0.0122. The van der Waals surface area contributed by atoms with Crippen LogP contribution in [0.2, 0.25) is 5.02 Å². The molecule has 1 amide bonds. The summed E-state index contributed by atoms with van der Waals surface area (Å²) in [7, 11) is 0. The second-order valence-corrected chi connectivity index (χ2v) is 4.04. The fourth-order valence-corrected chi connectivity index (χ4v) is 1.99. The maximum Gasteiger partial charge on any atom is 0.240 e. The summed E-state index contributed by atoms with van der Waals surface area (Å²) in [5.74, 6) is -0.0122. The molecule has 1 heterocycles. The Morgan fingerprint density at radius 3 is 2.87 bits per heavy atom. The molecule has 1 atom stereocenters. The lowest BCUT2D eigenvalue weighted by Crippen LogP contribution is -2.37. The predicted octanol–water partition coefficient (Wildman–Crippen LogP) is 1.55. The van der Waals surface area contributed by atoms with Gasteiger partial charge in [-0.15, -0.1) is 0 Å². The standard InChI is InChI=1S/C10H12ClN3O/c1-6-5-9(15)13-14(6)10-7(11)3-2-4-8(10)12/h2-4,6H,5,12H2,1H3,(H,13,15). The molecule has 2 rings (SSSR count). The lowest BCUT2D eigenvalue weighted by molar-refractivity contribution is -0.119. The summed E-state index contributed by atoms with van der Waals surface area (Å²) in [4.78, 5) is 11.2. The SMILES string of the molecule is CC1CC(=O)NN1c1c(N)cccc1Cl. The van der Waals surface area contributed by atoms with E-state index in [4.69, 9.17) is 17.3 Å². The third-order valence-corrected chi connectivity index (χ3v) is 2.73. The van der Waals surface area contributed by atoms with E-state index in [2.05, 4.69) is 5.43 Å². The van der Waals surface area contributed by atoms with Crippen molar-refractivity contribution in [3.8, 4) is 0 Å². The summed E-state index contributed by atoms with van der Waals surface area (Å²) in [5, 5.41) is 2.27. The number of halogens is 1. The lowest BCUT2D eigenvalue weighted by Gasteiger charge is -2.25. The summed E-state index contributed by atoms with van der Waals surface area (Å²) in [6, 6.07) is 5.37. The number of amides is 1. The van der Waals surface area contributed by atoms with Gasteiger partial charge in [-0.05, 0) is 19.1 Å². The highest BCUT2D eigenvalue weighted by atomic mass is 35.5. The zero-order valence-electron chi connectivity index (χ0n) is 8.33. The predicted molar refractivity (Wildman–Crippen MR) is 60.6 cm³/mol. The highest BCUT2D eigenvalue weighted by Gasteiger charge is 2.29. The van der Waals surface area contributed by atoms with Gasteiger partial charge in [0, 0.05) is 0 Å². The van der Waals surface area contributed by atoms with Crippen LogP contribution < -0.4 is 16.2 Å². The number of hydrogen-bond acceptors (Lipinski definition) is 3. The van der Waals surface area contributed by atoms with Gasteiger partial charge in [0.1, 0.15) is 0 Å². The van der Waals surface area contributed by atoms with Crippen molar-refractivity contribution in [3.63, 3.8) is 0 Å². The summed E-state index contributed by atoms with van der Waals surface area (Å²) < 4.78 is 0. The third-order valence-electron chi connectivity index (χ3n) is 2.43. The molecule has 1 aliphatic rings. The van der Waals surface area contributed by atoms with Crippen molar-refractivity contribution in [2.24, 2.45) is 0 Å². The zero-order chi connectivity index (χ0) is 11.0. The van der Waals surface area contributed by atoms with Gasteiger partial charge in [-0.3, -0.25) is 15.2 Å². The number of nitrogens with one attached hydrogen (secondary N) is 1. The second kappa shape index (κ2) is 3.62. The number of anilines is 2. The zero-order valence-corrected chi connectivity index (χ0v) is 9.08. The molecule has 1 aromatic rings. The van der Waals surface area contributed by atoms with Crippen molar-refractivity contribution >= 4 is 28.9 Å². The van der Waals surface area contributed by atoms with E-state index in [9.17, 15) is 4.79 Å². The molecule has 0 radical (unpaired) electrons. The number of nitrogens with two attached hydrogens (primary N) is 1. The molecule has 5 heteroatoms. The van der Waals surface area contributed by atoms with Crippen LogP contribution in [-0.4, -0.2) is 11.9 Å². The first kappa shape index (κ1) is 10.1. The molecule has 1 aromatic carbocycles. The van der Waals surface area contributed by atoms with Crippen molar-refractivity contribution < 1.29 is 4.79 Å². The summed E-state index contributed by atoms with van der Waals surface area (Å²) in [6.45, 7) is 1.95. The van der Waals surface area contributed by atoms with Gasteiger partial charge < -0.3 is 5.73 Å². The van der Waals surface area contributed by atoms with E-state index in [0.29, 0.717) is 22.8 Å². The van der Waals surface area contributed by atoms with E-state index in [1.54, 1.807) is 23.2 Å². The van der Waals surface area contributed by atoms with Crippen LogP contribution in [0.4, 0.5) is 11.4 Å². The lowest BCUT2D eigenvalue weighted by atomic mass is 10.2. The van der Waals surface area contributed by atoms with E-state index >= 15 is 0 Å². The fraction of sp³-hybridized carbons (Fsp3) is 0.300. The highest BCUT2D eigenvalue weighted by molar-refractivity contribution is 6.34. The van der Waals surface area contributed by atoms with Crippen LogP contribution in [0.1, 0.15) is 13.3 Å². The number of para-hydroxylation sites is 1. The van der Waals surface area contributed by atoms with E-state index in [-0.39, 0.29) is 11.9 Å². The molecule has 15 heavy (non-hydrogen) atoms. The molecule has 1 saturated heterocycles.